The van der Waals surface area contributed by atoms with E-state index in [4.69, 9.17) is 9.47 Å². The van der Waals surface area contributed by atoms with Gasteiger partial charge < -0.3 is 9.47 Å². The van der Waals surface area contributed by atoms with E-state index in [1.54, 1.807) is 12.1 Å². The number of cyclic esters (lactones) is 1. The minimum atomic E-state index is -3.64. The van der Waals surface area contributed by atoms with Crippen molar-refractivity contribution in [2.45, 2.75) is 4.90 Å². The summed E-state index contributed by atoms with van der Waals surface area (Å²) in [5, 5.41) is 0. The van der Waals surface area contributed by atoms with Gasteiger partial charge in [-0.25, -0.2) is 8.42 Å². The molecule has 98 valence electrons. The summed E-state index contributed by atoms with van der Waals surface area (Å²) in [6.45, 7) is 0.0304. The van der Waals surface area contributed by atoms with Gasteiger partial charge in [0.15, 0.2) is 0 Å². The number of methoxy groups -OCH3 is 1. The normalized spacial score (nSPS) is 17.3. The Morgan fingerprint density at radius 3 is 2.50 bits per heavy atom. The Balaban J connectivity index is 2.26. The summed E-state index contributed by atoms with van der Waals surface area (Å²) < 4.78 is 35.2. The molecule has 0 amide bonds. The molecule has 7 heteroatoms. The molecular weight excluding hydrogens is 258 g/mol. The van der Waals surface area contributed by atoms with Crippen molar-refractivity contribution < 1.29 is 22.7 Å². The maximum atomic E-state index is 12.2. The van der Waals surface area contributed by atoms with Crippen LogP contribution in [-0.2, 0) is 19.6 Å². The number of morpholine rings is 1. The molecule has 1 saturated heterocycles. The van der Waals surface area contributed by atoms with Gasteiger partial charge in [-0.15, -0.1) is 0 Å². The molecule has 18 heavy (non-hydrogen) atoms. The molecule has 0 N–H and O–H groups in total. The maximum absolute atomic E-state index is 12.2. The Bertz CT molecular complexity index is 537. The second kappa shape index (κ2) is 4.95. The monoisotopic (exact) mass is 271 g/mol. The summed E-state index contributed by atoms with van der Waals surface area (Å²) >= 11 is 0. The number of ether oxygens (including phenoxy) is 2. The van der Waals surface area contributed by atoms with Gasteiger partial charge in [0.2, 0.25) is 10.0 Å². The molecule has 0 spiro atoms. The molecule has 0 atom stereocenters. The number of rotatable bonds is 3. The van der Waals surface area contributed by atoms with E-state index in [1.165, 1.54) is 19.2 Å². The van der Waals surface area contributed by atoms with Crippen molar-refractivity contribution >= 4 is 16.0 Å². The van der Waals surface area contributed by atoms with Crippen LogP contribution in [0.1, 0.15) is 0 Å². The highest BCUT2D eigenvalue weighted by Crippen LogP contribution is 2.20. The van der Waals surface area contributed by atoms with Crippen molar-refractivity contribution in [3.8, 4) is 5.75 Å². The molecule has 0 aromatic heterocycles. The van der Waals surface area contributed by atoms with E-state index < -0.39 is 16.0 Å². The first-order chi connectivity index (χ1) is 8.54. The first-order valence-electron chi connectivity index (χ1n) is 5.34. The van der Waals surface area contributed by atoms with E-state index in [0.29, 0.717) is 5.75 Å². The average Bonchev–Trinajstić information content (AvgIpc) is 2.39. The Morgan fingerprint density at radius 1 is 1.28 bits per heavy atom. The minimum absolute atomic E-state index is 0.0915. The summed E-state index contributed by atoms with van der Waals surface area (Å²) in [4.78, 5) is 11.2. The van der Waals surface area contributed by atoms with Crippen LogP contribution in [0.25, 0.3) is 0 Å². The summed E-state index contributed by atoms with van der Waals surface area (Å²) in [6.07, 6.45) is 0. The van der Waals surface area contributed by atoms with Gasteiger partial charge >= 0.3 is 5.97 Å². The number of hydrogen-bond donors (Lipinski definition) is 0. The van der Waals surface area contributed by atoms with Gasteiger partial charge in [0.1, 0.15) is 18.9 Å². The fourth-order valence-corrected chi connectivity index (χ4v) is 3.00. The quantitative estimate of drug-likeness (QED) is 0.736. The van der Waals surface area contributed by atoms with Crippen LogP contribution in [-0.4, -0.2) is 45.5 Å². The fourth-order valence-electron chi connectivity index (χ4n) is 1.63. The number of esters is 1. The lowest BCUT2D eigenvalue weighted by Gasteiger charge is -2.25. The second-order valence-electron chi connectivity index (χ2n) is 3.73. The third-order valence-corrected chi connectivity index (χ3v) is 4.47. The summed E-state index contributed by atoms with van der Waals surface area (Å²) in [6, 6.07) is 6.03. The fraction of sp³-hybridized carbons (Fsp3) is 0.364. The molecule has 1 aromatic carbocycles. The molecule has 2 rings (SSSR count). The molecule has 6 nitrogen and oxygen atoms in total. The van der Waals surface area contributed by atoms with Crippen LogP contribution in [0.4, 0.5) is 0 Å². The zero-order chi connectivity index (χ0) is 13.2. The van der Waals surface area contributed by atoms with Crippen molar-refractivity contribution in [1.29, 1.82) is 0 Å². The van der Waals surface area contributed by atoms with Crippen LogP contribution in [0.15, 0.2) is 29.2 Å². The Hall–Kier alpha value is -1.60. The van der Waals surface area contributed by atoms with E-state index in [2.05, 4.69) is 0 Å². The standard InChI is InChI=1S/C11H13NO5S/c1-16-9-2-4-10(5-3-9)18(14,15)12-6-7-17-11(13)8-12/h2-5H,6-8H2,1H3. The molecule has 1 aliphatic rings. The van der Waals surface area contributed by atoms with E-state index in [-0.39, 0.29) is 24.6 Å². The number of hydrogen-bond acceptors (Lipinski definition) is 5. The van der Waals surface area contributed by atoms with E-state index in [1.807, 2.05) is 0 Å². The van der Waals surface area contributed by atoms with Crippen LogP contribution in [0, 0.1) is 0 Å². The van der Waals surface area contributed by atoms with Crippen molar-refractivity contribution in [3.63, 3.8) is 0 Å². The highest BCUT2D eigenvalue weighted by atomic mass is 32.2. The average molecular weight is 271 g/mol. The lowest BCUT2D eigenvalue weighted by Crippen LogP contribution is -2.43. The molecular formula is C11H13NO5S. The topological polar surface area (TPSA) is 72.9 Å². The molecule has 0 aliphatic carbocycles. The number of sulfonamides is 1. The lowest BCUT2D eigenvalue weighted by molar-refractivity contribution is -0.147. The third kappa shape index (κ3) is 2.46. The molecule has 1 aliphatic heterocycles. The zero-order valence-electron chi connectivity index (χ0n) is 9.83. The van der Waals surface area contributed by atoms with E-state index in [0.717, 1.165) is 4.31 Å². The molecule has 0 bridgehead atoms. The Morgan fingerprint density at radius 2 is 1.94 bits per heavy atom. The lowest BCUT2D eigenvalue weighted by atomic mass is 10.3. The van der Waals surface area contributed by atoms with Gasteiger partial charge in [0.25, 0.3) is 0 Å². The number of carbonyl (C=O) groups is 1. The highest BCUT2D eigenvalue weighted by molar-refractivity contribution is 7.89. The SMILES string of the molecule is COc1ccc(S(=O)(=O)N2CCOC(=O)C2)cc1. The smallest absolute Gasteiger partial charge is 0.321 e. The molecule has 1 aromatic rings. The Labute approximate surface area is 105 Å². The summed E-state index contributed by atoms with van der Waals surface area (Å²) in [5.41, 5.74) is 0. The van der Waals surface area contributed by atoms with Gasteiger partial charge in [-0.1, -0.05) is 0 Å². The number of carbonyl (C=O) groups excluding carboxylic acids is 1. The van der Waals surface area contributed by atoms with Gasteiger partial charge in [-0.3, -0.25) is 4.79 Å². The predicted molar refractivity (Wildman–Crippen MR) is 62.7 cm³/mol. The first kappa shape index (κ1) is 12.8. The predicted octanol–water partition coefficient (Wildman–Crippen LogP) is 0.243. The summed E-state index contributed by atoms with van der Waals surface area (Å²) in [5.74, 6) is 0.0466. The zero-order valence-corrected chi connectivity index (χ0v) is 10.6. The largest absolute Gasteiger partial charge is 0.497 e. The second-order valence-corrected chi connectivity index (χ2v) is 5.67. The van der Waals surface area contributed by atoms with Crippen molar-refractivity contribution in [2.75, 3.05) is 26.8 Å². The van der Waals surface area contributed by atoms with Crippen LogP contribution in [0.2, 0.25) is 0 Å². The number of nitrogens with zero attached hydrogens (tertiary/aromatic N) is 1. The third-order valence-electron chi connectivity index (χ3n) is 2.61. The van der Waals surface area contributed by atoms with Gasteiger partial charge in [0.05, 0.1) is 12.0 Å². The van der Waals surface area contributed by atoms with Gasteiger partial charge in [0, 0.05) is 6.54 Å². The first-order valence-corrected chi connectivity index (χ1v) is 6.78. The molecule has 1 heterocycles. The molecule has 0 saturated carbocycles. The van der Waals surface area contributed by atoms with Crippen LogP contribution >= 0.6 is 0 Å². The van der Waals surface area contributed by atoms with Crippen molar-refractivity contribution in [1.82, 2.24) is 4.31 Å². The molecule has 1 fully saturated rings. The summed E-state index contributed by atoms with van der Waals surface area (Å²) in [7, 11) is -2.14. The molecule has 0 radical (unpaired) electrons. The number of benzene rings is 1. The van der Waals surface area contributed by atoms with Crippen molar-refractivity contribution in [3.05, 3.63) is 24.3 Å². The van der Waals surface area contributed by atoms with Crippen molar-refractivity contribution in [2.24, 2.45) is 0 Å². The molecule has 0 unspecified atom stereocenters. The van der Waals surface area contributed by atoms with Crippen LogP contribution in [0.5, 0.6) is 5.75 Å². The Kier molecular flexibility index (Phi) is 3.53. The van der Waals surface area contributed by atoms with E-state index >= 15 is 0 Å². The van der Waals surface area contributed by atoms with Crippen LogP contribution in [0.3, 0.4) is 0 Å². The maximum Gasteiger partial charge on any atom is 0.321 e. The van der Waals surface area contributed by atoms with Gasteiger partial charge in [-0.2, -0.15) is 4.31 Å². The van der Waals surface area contributed by atoms with Crippen LogP contribution < -0.4 is 4.74 Å². The highest BCUT2D eigenvalue weighted by Gasteiger charge is 2.30. The van der Waals surface area contributed by atoms with E-state index in [9.17, 15) is 13.2 Å². The van der Waals surface area contributed by atoms with Gasteiger partial charge in [-0.05, 0) is 24.3 Å². The minimum Gasteiger partial charge on any atom is -0.497 e.